The van der Waals surface area contributed by atoms with Crippen LogP contribution in [0.15, 0.2) is 12.3 Å². The average molecular weight is 290 g/mol. The van der Waals surface area contributed by atoms with Crippen molar-refractivity contribution in [3.05, 3.63) is 23.5 Å². The van der Waals surface area contributed by atoms with Gasteiger partial charge in [0.1, 0.15) is 0 Å². The summed E-state index contributed by atoms with van der Waals surface area (Å²) in [5.41, 5.74) is 2.34. The lowest BCUT2D eigenvalue weighted by Crippen LogP contribution is -2.34. The van der Waals surface area contributed by atoms with Crippen LogP contribution in [-0.4, -0.2) is 49.0 Å². The van der Waals surface area contributed by atoms with Gasteiger partial charge < -0.3 is 15.5 Å². The lowest BCUT2D eigenvalue weighted by molar-refractivity contribution is 0.0945. The fourth-order valence-corrected chi connectivity index (χ4v) is 2.78. The average Bonchev–Trinajstić information content (AvgIpc) is 2.97. The van der Waals surface area contributed by atoms with E-state index in [1.807, 2.05) is 20.0 Å². The predicted molar refractivity (Wildman–Crippen MR) is 85.7 cm³/mol. The molecule has 21 heavy (non-hydrogen) atoms. The molecule has 0 saturated carbocycles. The molecule has 1 aromatic heterocycles. The summed E-state index contributed by atoms with van der Waals surface area (Å²) in [6.45, 7) is 8.26. The maximum absolute atomic E-state index is 12.3. The molecule has 2 rings (SSSR count). The minimum atomic E-state index is -0.0554. The number of carbonyl (C=O) groups is 1. The number of anilines is 1. The molecule has 5 heteroatoms. The van der Waals surface area contributed by atoms with Crippen LogP contribution in [0.25, 0.3) is 0 Å². The summed E-state index contributed by atoms with van der Waals surface area (Å²) in [4.78, 5) is 19.0. The van der Waals surface area contributed by atoms with Crippen LogP contribution in [-0.2, 0) is 0 Å². The van der Waals surface area contributed by atoms with E-state index in [0.717, 1.165) is 17.9 Å². The quantitative estimate of drug-likeness (QED) is 0.840. The second-order valence-corrected chi connectivity index (χ2v) is 5.94. The van der Waals surface area contributed by atoms with E-state index in [9.17, 15) is 4.79 Å². The molecule has 116 valence electrons. The van der Waals surface area contributed by atoms with Crippen molar-refractivity contribution < 1.29 is 4.79 Å². The molecular formula is C16H26N4O. The highest BCUT2D eigenvalue weighted by atomic mass is 16.1. The molecule has 1 aliphatic heterocycles. The van der Waals surface area contributed by atoms with E-state index in [-0.39, 0.29) is 5.91 Å². The van der Waals surface area contributed by atoms with Gasteiger partial charge in [0.2, 0.25) is 0 Å². The van der Waals surface area contributed by atoms with Gasteiger partial charge in [-0.3, -0.25) is 9.78 Å². The minimum absolute atomic E-state index is 0.0554. The first-order valence-corrected chi connectivity index (χ1v) is 7.75. The Hall–Kier alpha value is -1.62. The van der Waals surface area contributed by atoms with Gasteiger partial charge >= 0.3 is 0 Å². The van der Waals surface area contributed by atoms with Crippen LogP contribution in [0.2, 0.25) is 0 Å². The van der Waals surface area contributed by atoms with Crippen LogP contribution >= 0.6 is 0 Å². The maximum Gasteiger partial charge on any atom is 0.254 e. The Labute approximate surface area is 127 Å². The molecule has 0 radical (unpaired) electrons. The van der Waals surface area contributed by atoms with Crippen LogP contribution < -0.4 is 10.6 Å². The van der Waals surface area contributed by atoms with E-state index in [2.05, 4.69) is 27.4 Å². The SMILES string of the molecule is CNc1cc(C)ncc1C(=O)NCC(C)CN1CCCC1. The van der Waals surface area contributed by atoms with E-state index >= 15 is 0 Å². The first kappa shape index (κ1) is 15.8. The van der Waals surface area contributed by atoms with Gasteiger partial charge in [0, 0.05) is 32.0 Å². The van der Waals surface area contributed by atoms with Crippen LogP contribution in [0.3, 0.4) is 0 Å². The van der Waals surface area contributed by atoms with Crippen molar-refractivity contribution in [1.82, 2.24) is 15.2 Å². The molecule has 1 aliphatic rings. The number of amides is 1. The second-order valence-electron chi connectivity index (χ2n) is 5.94. The van der Waals surface area contributed by atoms with E-state index in [1.54, 1.807) is 6.20 Å². The highest BCUT2D eigenvalue weighted by molar-refractivity contribution is 5.99. The van der Waals surface area contributed by atoms with Gasteiger partial charge in [-0.15, -0.1) is 0 Å². The summed E-state index contributed by atoms with van der Waals surface area (Å²) in [5, 5.41) is 6.08. The fraction of sp³-hybridized carbons (Fsp3) is 0.625. The zero-order chi connectivity index (χ0) is 15.2. The summed E-state index contributed by atoms with van der Waals surface area (Å²) in [7, 11) is 1.82. The molecule has 1 unspecified atom stereocenters. The topological polar surface area (TPSA) is 57.3 Å². The molecule has 2 N–H and O–H groups in total. The lowest BCUT2D eigenvalue weighted by Gasteiger charge is -2.20. The van der Waals surface area contributed by atoms with Crippen molar-refractivity contribution >= 4 is 11.6 Å². The third-order valence-electron chi connectivity index (χ3n) is 3.93. The van der Waals surface area contributed by atoms with Gasteiger partial charge in [-0.05, 0) is 44.8 Å². The molecule has 0 aromatic carbocycles. The summed E-state index contributed by atoms with van der Waals surface area (Å²) in [6.07, 6.45) is 4.25. The zero-order valence-corrected chi connectivity index (χ0v) is 13.3. The van der Waals surface area contributed by atoms with Crippen molar-refractivity contribution in [2.75, 3.05) is 38.5 Å². The third kappa shape index (κ3) is 4.43. The van der Waals surface area contributed by atoms with Gasteiger partial charge in [-0.2, -0.15) is 0 Å². The van der Waals surface area contributed by atoms with Gasteiger partial charge in [-0.25, -0.2) is 0 Å². The zero-order valence-electron chi connectivity index (χ0n) is 13.3. The van der Waals surface area contributed by atoms with E-state index < -0.39 is 0 Å². The number of likely N-dealkylation sites (tertiary alicyclic amines) is 1. The minimum Gasteiger partial charge on any atom is -0.387 e. The summed E-state index contributed by atoms with van der Waals surface area (Å²) < 4.78 is 0. The van der Waals surface area contributed by atoms with E-state index in [0.29, 0.717) is 18.0 Å². The van der Waals surface area contributed by atoms with Crippen molar-refractivity contribution in [2.24, 2.45) is 5.92 Å². The molecule has 1 amide bonds. The Morgan fingerprint density at radius 1 is 1.43 bits per heavy atom. The van der Waals surface area contributed by atoms with Crippen LogP contribution in [0, 0.1) is 12.8 Å². The van der Waals surface area contributed by atoms with E-state index in [1.165, 1.54) is 25.9 Å². The molecule has 1 aromatic rings. The number of aryl methyl sites for hydroxylation is 1. The number of carbonyl (C=O) groups excluding carboxylic acids is 1. The highest BCUT2D eigenvalue weighted by Crippen LogP contribution is 2.15. The summed E-state index contributed by atoms with van der Waals surface area (Å²) in [6, 6.07) is 1.89. The lowest BCUT2D eigenvalue weighted by atomic mass is 10.1. The van der Waals surface area contributed by atoms with Crippen molar-refractivity contribution in [1.29, 1.82) is 0 Å². The highest BCUT2D eigenvalue weighted by Gasteiger charge is 2.16. The molecule has 0 aliphatic carbocycles. The normalized spacial score (nSPS) is 16.7. The number of nitrogens with one attached hydrogen (secondary N) is 2. The van der Waals surface area contributed by atoms with Crippen LogP contribution in [0.4, 0.5) is 5.69 Å². The Kier molecular flexibility index (Phi) is 5.56. The number of hydrogen-bond donors (Lipinski definition) is 2. The monoisotopic (exact) mass is 290 g/mol. The third-order valence-corrected chi connectivity index (χ3v) is 3.93. The second kappa shape index (κ2) is 7.41. The Balaban J connectivity index is 1.86. The molecule has 1 fully saturated rings. The van der Waals surface area contributed by atoms with Crippen molar-refractivity contribution in [3.8, 4) is 0 Å². The standard InChI is InChI=1S/C16H26N4O/c1-12(11-20-6-4-5-7-20)9-19-16(21)14-10-18-13(2)8-15(14)17-3/h8,10,12H,4-7,9,11H2,1-3H3,(H,17,18)(H,19,21). The number of nitrogens with zero attached hydrogens (tertiary/aromatic N) is 2. The molecule has 1 atom stereocenters. The Bertz CT molecular complexity index is 483. The first-order valence-electron chi connectivity index (χ1n) is 7.75. The van der Waals surface area contributed by atoms with Gasteiger partial charge in [0.25, 0.3) is 5.91 Å². The number of hydrogen-bond acceptors (Lipinski definition) is 4. The Morgan fingerprint density at radius 2 is 2.14 bits per heavy atom. The molecule has 0 spiro atoms. The molecule has 0 bridgehead atoms. The predicted octanol–water partition coefficient (Wildman–Crippen LogP) is 1.89. The number of aromatic nitrogens is 1. The first-order chi connectivity index (χ1) is 10.1. The molecule has 5 nitrogen and oxygen atoms in total. The van der Waals surface area contributed by atoms with Crippen molar-refractivity contribution in [3.63, 3.8) is 0 Å². The molecule has 1 saturated heterocycles. The van der Waals surface area contributed by atoms with Crippen molar-refractivity contribution in [2.45, 2.75) is 26.7 Å². The van der Waals surface area contributed by atoms with Gasteiger partial charge in [0.05, 0.1) is 11.3 Å². The Morgan fingerprint density at radius 3 is 2.81 bits per heavy atom. The number of rotatable bonds is 6. The summed E-state index contributed by atoms with van der Waals surface area (Å²) >= 11 is 0. The molecule has 2 heterocycles. The maximum atomic E-state index is 12.3. The van der Waals surface area contributed by atoms with Crippen LogP contribution in [0.5, 0.6) is 0 Å². The number of pyridine rings is 1. The smallest absolute Gasteiger partial charge is 0.254 e. The van der Waals surface area contributed by atoms with Gasteiger partial charge in [-0.1, -0.05) is 6.92 Å². The summed E-state index contributed by atoms with van der Waals surface area (Å²) in [5.74, 6) is 0.406. The largest absolute Gasteiger partial charge is 0.387 e. The van der Waals surface area contributed by atoms with Gasteiger partial charge in [0.15, 0.2) is 0 Å². The molecular weight excluding hydrogens is 264 g/mol. The van der Waals surface area contributed by atoms with E-state index in [4.69, 9.17) is 0 Å². The fourth-order valence-electron chi connectivity index (χ4n) is 2.78. The van der Waals surface area contributed by atoms with Crippen LogP contribution in [0.1, 0.15) is 35.8 Å².